The molecule has 24 heavy (non-hydrogen) atoms. The highest BCUT2D eigenvalue weighted by molar-refractivity contribution is 6.00. The van der Waals surface area contributed by atoms with Crippen molar-refractivity contribution < 1.29 is 23.5 Å². The van der Waals surface area contributed by atoms with E-state index in [1.54, 1.807) is 0 Å². The van der Waals surface area contributed by atoms with Crippen LogP contribution in [-0.4, -0.2) is 39.5 Å². The van der Waals surface area contributed by atoms with Crippen LogP contribution >= 0.6 is 0 Å². The van der Waals surface area contributed by atoms with Gasteiger partial charge in [0.2, 0.25) is 0 Å². The lowest BCUT2D eigenvalue weighted by Crippen LogP contribution is -2.43. The zero-order chi connectivity index (χ0) is 17.0. The second-order valence-corrected chi connectivity index (χ2v) is 6.63. The zero-order valence-corrected chi connectivity index (χ0v) is 12.8. The van der Waals surface area contributed by atoms with E-state index in [2.05, 4.69) is 4.98 Å². The first-order valence-electron chi connectivity index (χ1n) is 7.97. The molecule has 1 aromatic carbocycles. The van der Waals surface area contributed by atoms with Gasteiger partial charge in [-0.05, 0) is 36.8 Å². The number of aliphatic carboxylic acids is 1. The van der Waals surface area contributed by atoms with Crippen LogP contribution in [0.15, 0.2) is 18.2 Å². The maximum atomic E-state index is 13.8. The Morgan fingerprint density at radius 1 is 1.21 bits per heavy atom. The maximum Gasteiger partial charge on any atom is 0.326 e. The van der Waals surface area contributed by atoms with Crippen molar-refractivity contribution in [3.63, 3.8) is 0 Å². The summed E-state index contributed by atoms with van der Waals surface area (Å²) in [6, 6.07) is 2.34. The Morgan fingerprint density at radius 2 is 2.00 bits per heavy atom. The van der Waals surface area contributed by atoms with Gasteiger partial charge in [0, 0.05) is 18.0 Å². The molecule has 5 nitrogen and oxygen atoms in total. The zero-order valence-electron chi connectivity index (χ0n) is 12.8. The van der Waals surface area contributed by atoms with Gasteiger partial charge in [-0.15, -0.1) is 0 Å². The van der Waals surface area contributed by atoms with Gasteiger partial charge >= 0.3 is 5.97 Å². The number of hydrogen-bond acceptors (Lipinski definition) is 2. The van der Waals surface area contributed by atoms with E-state index in [1.807, 2.05) is 0 Å². The fourth-order valence-electron chi connectivity index (χ4n) is 4.26. The van der Waals surface area contributed by atoms with E-state index in [0.29, 0.717) is 6.54 Å². The minimum atomic E-state index is -1.01. The molecule has 0 spiro atoms. The summed E-state index contributed by atoms with van der Waals surface area (Å²) in [6.45, 7) is 0.396. The van der Waals surface area contributed by atoms with E-state index in [4.69, 9.17) is 0 Å². The number of aromatic nitrogens is 1. The van der Waals surface area contributed by atoms with Gasteiger partial charge in [0.25, 0.3) is 5.91 Å². The standard InChI is InChI=1S/C17H16F2N2O3/c18-9-4-12(19)11-6-14(20-13(11)5-9)16(22)21-7-8-2-1-3-10(8)15(21)17(23)24/h4-6,8,10,15,20H,1-3,7H2,(H,23,24)/t8?,10?,15-/m0/s1. The number of H-pyrrole nitrogens is 1. The van der Waals surface area contributed by atoms with Crippen LogP contribution in [0.5, 0.6) is 0 Å². The van der Waals surface area contributed by atoms with Crippen LogP contribution in [0.25, 0.3) is 10.9 Å². The van der Waals surface area contributed by atoms with Crippen molar-refractivity contribution in [3.8, 4) is 0 Å². The highest BCUT2D eigenvalue weighted by Gasteiger charge is 2.49. The van der Waals surface area contributed by atoms with Gasteiger partial charge in [-0.3, -0.25) is 4.79 Å². The summed E-state index contributed by atoms with van der Waals surface area (Å²) in [6.07, 6.45) is 2.71. The van der Waals surface area contributed by atoms with Gasteiger partial charge in [-0.1, -0.05) is 6.42 Å². The Kier molecular flexibility index (Phi) is 3.33. The normalized spacial score (nSPS) is 26.1. The summed E-state index contributed by atoms with van der Waals surface area (Å²) >= 11 is 0. The molecule has 4 rings (SSSR count). The van der Waals surface area contributed by atoms with Gasteiger partial charge in [0.05, 0.1) is 5.52 Å². The summed E-state index contributed by atoms with van der Waals surface area (Å²) in [5.74, 6) is -2.80. The van der Waals surface area contributed by atoms with Crippen molar-refractivity contribution >= 4 is 22.8 Å². The first kappa shape index (κ1) is 15.1. The molecule has 2 heterocycles. The third kappa shape index (κ3) is 2.18. The van der Waals surface area contributed by atoms with Crippen molar-refractivity contribution in [2.45, 2.75) is 25.3 Å². The first-order chi connectivity index (χ1) is 11.5. The van der Waals surface area contributed by atoms with Crippen LogP contribution in [0.1, 0.15) is 29.8 Å². The molecule has 3 atom stereocenters. The summed E-state index contributed by atoms with van der Waals surface area (Å²) in [7, 11) is 0. The second kappa shape index (κ2) is 5.29. The van der Waals surface area contributed by atoms with E-state index < -0.39 is 29.6 Å². The van der Waals surface area contributed by atoms with Crippen molar-refractivity contribution in [1.29, 1.82) is 0 Å². The van der Waals surface area contributed by atoms with Crippen molar-refractivity contribution in [2.24, 2.45) is 11.8 Å². The van der Waals surface area contributed by atoms with E-state index in [9.17, 15) is 23.5 Å². The van der Waals surface area contributed by atoms with Gasteiger partial charge in [-0.25, -0.2) is 13.6 Å². The predicted octanol–water partition coefficient (Wildman–Crippen LogP) is 2.77. The number of nitrogens with zero attached hydrogens (tertiary/aromatic N) is 1. The van der Waals surface area contributed by atoms with Crippen molar-refractivity contribution in [1.82, 2.24) is 9.88 Å². The lowest BCUT2D eigenvalue weighted by atomic mass is 9.94. The molecule has 1 aromatic heterocycles. The number of hydrogen-bond donors (Lipinski definition) is 2. The number of nitrogens with one attached hydrogen (secondary N) is 1. The minimum absolute atomic E-state index is 0.0231. The smallest absolute Gasteiger partial charge is 0.326 e. The quantitative estimate of drug-likeness (QED) is 0.887. The molecule has 1 amide bonds. The second-order valence-electron chi connectivity index (χ2n) is 6.63. The number of amides is 1. The number of carbonyl (C=O) groups excluding carboxylic acids is 1. The largest absolute Gasteiger partial charge is 0.480 e. The fourth-order valence-corrected chi connectivity index (χ4v) is 4.26. The lowest BCUT2D eigenvalue weighted by molar-refractivity contribution is -0.142. The minimum Gasteiger partial charge on any atom is -0.480 e. The summed E-state index contributed by atoms with van der Waals surface area (Å²) < 4.78 is 27.1. The number of benzene rings is 1. The summed E-state index contributed by atoms with van der Waals surface area (Å²) in [5.41, 5.74) is 0.267. The monoisotopic (exact) mass is 334 g/mol. The predicted molar refractivity (Wildman–Crippen MR) is 81.5 cm³/mol. The average Bonchev–Trinajstić information content (AvgIpc) is 3.18. The van der Waals surface area contributed by atoms with Crippen LogP contribution in [0.3, 0.4) is 0 Å². The third-order valence-corrected chi connectivity index (χ3v) is 5.29. The molecule has 2 unspecified atom stereocenters. The topological polar surface area (TPSA) is 73.4 Å². The van der Waals surface area contributed by atoms with E-state index in [0.717, 1.165) is 31.4 Å². The number of carboxylic acids is 1. The highest BCUT2D eigenvalue weighted by atomic mass is 19.1. The Morgan fingerprint density at radius 3 is 2.75 bits per heavy atom. The number of carbonyl (C=O) groups is 2. The van der Waals surface area contributed by atoms with Crippen LogP contribution in [0.4, 0.5) is 8.78 Å². The van der Waals surface area contributed by atoms with Crippen molar-refractivity contribution in [3.05, 3.63) is 35.5 Å². The molecular formula is C17H16F2N2O3. The molecule has 0 bridgehead atoms. The molecular weight excluding hydrogens is 318 g/mol. The van der Waals surface area contributed by atoms with Gasteiger partial charge in [-0.2, -0.15) is 0 Å². The molecule has 1 saturated carbocycles. The first-order valence-corrected chi connectivity index (χ1v) is 7.97. The summed E-state index contributed by atoms with van der Waals surface area (Å²) in [5, 5.41) is 9.65. The highest BCUT2D eigenvalue weighted by Crippen LogP contribution is 2.42. The molecule has 2 N–H and O–H groups in total. The van der Waals surface area contributed by atoms with Gasteiger partial charge in [0.1, 0.15) is 23.4 Å². The maximum absolute atomic E-state index is 13.8. The van der Waals surface area contributed by atoms with E-state index in [1.165, 1.54) is 11.0 Å². The SMILES string of the molecule is O=C(O)[C@@H]1C2CCCC2CN1C(=O)c1cc2c(F)cc(F)cc2[nH]1. The van der Waals surface area contributed by atoms with Gasteiger partial charge in [0.15, 0.2) is 0 Å². The molecule has 1 aliphatic carbocycles. The number of fused-ring (bicyclic) bond motifs is 2. The van der Waals surface area contributed by atoms with E-state index in [-0.39, 0.29) is 28.4 Å². The molecule has 2 aromatic rings. The van der Waals surface area contributed by atoms with Crippen LogP contribution in [0, 0.1) is 23.5 Å². The van der Waals surface area contributed by atoms with Crippen LogP contribution in [0.2, 0.25) is 0 Å². The summed E-state index contributed by atoms with van der Waals surface area (Å²) in [4.78, 5) is 28.5. The van der Waals surface area contributed by atoms with Crippen LogP contribution < -0.4 is 0 Å². The fraction of sp³-hybridized carbons (Fsp3) is 0.412. The molecule has 2 fully saturated rings. The van der Waals surface area contributed by atoms with Crippen LogP contribution in [-0.2, 0) is 4.79 Å². The van der Waals surface area contributed by atoms with Gasteiger partial charge < -0.3 is 15.0 Å². The Balaban J connectivity index is 1.70. The molecule has 1 saturated heterocycles. The Labute approximate surface area is 136 Å². The number of carboxylic acid groups (broad SMARTS) is 1. The number of likely N-dealkylation sites (tertiary alicyclic amines) is 1. The molecule has 2 aliphatic rings. The molecule has 126 valence electrons. The Hall–Kier alpha value is -2.44. The third-order valence-electron chi connectivity index (χ3n) is 5.29. The number of halogens is 2. The van der Waals surface area contributed by atoms with Crippen molar-refractivity contribution in [2.75, 3.05) is 6.54 Å². The lowest BCUT2D eigenvalue weighted by Gasteiger charge is -2.23. The molecule has 0 radical (unpaired) electrons. The average molecular weight is 334 g/mol. The Bertz CT molecular complexity index is 848. The molecule has 1 aliphatic heterocycles. The number of rotatable bonds is 2. The molecule has 7 heteroatoms. The number of aromatic amines is 1. The van der Waals surface area contributed by atoms with E-state index >= 15 is 0 Å².